The van der Waals surface area contributed by atoms with Gasteiger partial charge in [0, 0.05) is 38.6 Å². The minimum Gasteiger partial charge on any atom is -0.341 e. The lowest BCUT2D eigenvalue weighted by molar-refractivity contribution is -0.134. The van der Waals surface area contributed by atoms with Gasteiger partial charge in [-0.05, 0) is 18.6 Å². The molecule has 0 aliphatic carbocycles. The third-order valence-corrected chi connectivity index (χ3v) is 5.84. The van der Waals surface area contributed by atoms with Crippen molar-refractivity contribution in [3.8, 4) is 0 Å². The van der Waals surface area contributed by atoms with Crippen LogP contribution in [-0.2, 0) is 14.8 Å². The Morgan fingerprint density at radius 3 is 2.43 bits per heavy atom. The maximum absolute atomic E-state index is 12.6. The molecule has 1 saturated heterocycles. The average Bonchev–Trinajstić information content (AvgIpc) is 2.80. The Morgan fingerprint density at radius 1 is 1.17 bits per heavy atom. The van der Waals surface area contributed by atoms with Crippen molar-refractivity contribution in [3.05, 3.63) is 30.3 Å². The minimum absolute atomic E-state index is 0. The molecule has 1 atom stereocenters. The second kappa shape index (κ2) is 8.63. The highest BCUT2D eigenvalue weighted by Gasteiger charge is 2.29. The molecule has 0 spiro atoms. The summed E-state index contributed by atoms with van der Waals surface area (Å²) in [5.74, 6) is -0.223. The normalized spacial score (nSPS) is 17.9. The number of hydrogen-bond acceptors (Lipinski definition) is 4. The lowest BCUT2D eigenvalue weighted by Gasteiger charge is -2.24. The van der Waals surface area contributed by atoms with Crippen LogP contribution >= 0.6 is 12.4 Å². The van der Waals surface area contributed by atoms with E-state index in [4.69, 9.17) is 5.73 Å². The minimum atomic E-state index is -3.49. The predicted octanol–water partition coefficient (Wildman–Crippen LogP) is 0.926. The molecule has 1 aliphatic heterocycles. The van der Waals surface area contributed by atoms with E-state index in [1.54, 1.807) is 42.2 Å². The molecule has 1 aliphatic rings. The summed E-state index contributed by atoms with van der Waals surface area (Å²) in [5.41, 5.74) is 5.54. The molecular formula is C15H24ClN3O3S. The van der Waals surface area contributed by atoms with Crippen LogP contribution in [0, 0.1) is 5.92 Å². The van der Waals surface area contributed by atoms with Crippen LogP contribution in [0.3, 0.4) is 0 Å². The van der Waals surface area contributed by atoms with Gasteiger partial charge in [0.1, 0.15) is 0 Å². The number of amides is 1. The first-order chi connectivity index (χ1) is 10.5. The topological polar surface area (TPSA) is 83.7 Å². The fraction of sp³-hybridized carbons (Fsp3) is 0.533. The zero-order chi connectivity index (χ0) is 16.2. The molecule has 1 fully saturated rings. The largest absolute Gasteiger partial charge is 0.341 e. The highest BCUT2D eigenvalue weighted by Crippen LogP contribution is 2.18. The third-order valence-electron chi connectivity index (χ3n) is 3.92. The van der Waals surface area contributed by atoms with Gasteiger partial charge >= 0.3 is 0 Å². The van der Waals surface area contributed by atoms with Crippen molar-refractivity contribution in [3.63, 3.8) is 0 Å². The Bertz CT molecular complexity index is 610. The van der Waals surface area contributed by atoms with Crippen molar-refractivity contribution >= 4 is 28.3 Å². The molecule has 0 aromatic heterocycles. The van der Waals surface area contributed by atoms with Gasteiger partial charge in [0.15, 0.2) is 0 Å². The van der Waals surface area contributed by atoms with Gasteiger partial charge in [-0.1, -0.05) is 25.1 Å². The number of sulfonamides is 1. The molecule has 1 unspecified atom stereocenters. The summed E-state index contributed by atoms with van der Waals surface area (Å²) in [7, 11) is -3.49. The van der Waals surface area contributed by atoms with E-state index in [-0.39, 0.29) is 24.2 Å². The average molecular weight is 362 g/mol. The van der Waals surface area contributed by atoms with Crippen molar-refractivity contribution in [2.45, 2.75) is 18.2 Å². The van der Waals surface area contributed by atoms with Crippen molar-refractivity contribution in [1.82, 2.24) is 9.21 Å². The number of carbonyl (C=O) groups is 1. The number of rotatable bonds is 4. The first kappa shape index (κ1) is 19.9. The molecule has 0 saturated carbocycles. The number of halogens is 1. The molecule has 1 aromatic carbocycles. The van der Waals surface area contributed by atoms with E-state index in [9.17, 15) is 13.2 Å². The first-order valence-corrected chi connectivity index (χ1v) is 8.95. The van der Waals surface area contributed by atoms with Crippen molar-refractivity contribution in [2.24, 2.45) is 11.7 Å². The van der Waals surface area contributed by atoms with Crippen molar-refractivity contribution in [1.29, 1.82) is 0 Å². The molecular weight excluding hydrogens is 338 g/mol. The van der Waals surface area contributed by atoms with Crippen molar-refractivity contribution < 1.29 is 13.2 Å². The monoisotopic (exact) mass is 361 g/mol. The van der Waals surface area contributed by atoms with Gasteiger partial charge in [-0.25, -0.2) is 8.42 Å². The lowest BCUT2D eigenvalue weighted by atomic mass is 10.1. The van der Waals surface area contributed by atoms with E-state index in [1.165, 1.54) is 4.31 Å². The molecule has 0 radical (unpaired) electrons. The summed E-state index contributed by atoms with van der Waals surface area (Å²) >= 11 is 0. The Morgan fingerprint density at radius 2 is 1.83 bits per heavy atom. The fourth-order valence-electron chi connectivity index (χ4n) is 2.51. The van der Waals surface area contributed by atoms with E-state index >= 15 is 0 Å². The molecule has 8 heteroatoms. The van der Waals surface area contributed by atoms with E-state index in [2.05, 4.69) is 0 Å². The van der Waals surface area contributed by atoms with Gasteiger partial charge in [-0.3, -0.25) is 4.79 Å². The summed E-state index contributed by atoms with van der Waals surface area (Å²) in [6, 6.07) is 8.41. The predicted molar refractivity (Wildman–Crippen MR) is 91.9 cm³/mol. The summed E-state index contributed by atoms with van der Waals surface area (Å²) < 4.78 is 26.7. The van der Waals surface area contributed by atoms with Crippen LogP contribution in [-0.4, -0.2) is 56.3 Å². The highest BCUT2D eigenvalue weighted by molar-refractivity contribution is 7.89. The second-order valence-corrected chi connectivity index (χ2v) is 7.47. The number of hydrogen-bond donors (Lipinski definition) is 1. The lowest BCUT2D eigenvalue weighted by Crippen LogP contribution is -2.41. The fourth-order valence-corrected chi connectivity index (χ4v) is 4.00. The summed E-state index contributed by atoms with van der Waals surface area (Å²) in [4.78, 5) is 14.2. The van der Waals surface area contributed by atoms with Gasteiger partial charge in [0.25, 0.3) is 0 Å². The van der Waals surface area contributed by atoms with Crippen LogP contribution in [0.1, 0.15) is 13.3 Å². The number of nitrogens with two attached hydrogens (primary N) is 1. The number of nitrogens with zero attached hydrogens (tertiary/aromatic N) is 2. The zero-order valence-corrected chi connectivity index (χ0v) is 14.9. The van der Waals surface area contributed by atoms with Crippen LogP contribution < -0.4 is 5.73 Å². The molecule has 1 heterocycles. The standard InChI is InChI=1S/C15H23N3O3S.ClH/c1-13(12-16)15(19)17-8-5-9-18(11-10-17)22(20,21)14-6-3-2-4-7-14;/h2-4,6-7,13H,5,8-12,16H2,1H3;1H. The summed E-state index contributed by atoms with van der Waals surface area (Å²) in [6.07, 6.45) is 0.634. The number of carbonyl (C=O) groups excluding carboxylic acids is 1. The second-order valence-electron chi connectivity index (χ2n) is 5.53. The smallest absolute Gasteiger partial charge is 0.243 e. The van der Waals surface area contributed by atoms with E-state index in [0.29, 0.717) is 44.0 Å². The molecule has 23 heavy (non-hydrogen) atoms. The Kier molecular flexibility index (Phi) is 7.47. The SMILES string of the molecule is CC(CN)C(=O)N1CCCN(S(=O)(=O)c2ccccc2)CC1.Cl. The van der Waals surface area contributed by atoms with Crippen LogP contribution in [0.15, 0.2) is 35.2 Å². The molecule has 1 aromatic rings. The number of benzene rings is 1. The summed E-state index contributed by atoms with van der Waals surface area (Å²) in [5, 5.41) is 0. The van der Waals surface area contributed by atoms with E-state index < -0.39 is 10.0 Å². The molecule has 2 N–H and O–H groups in total. The molecule has 130 valence electrons. The first-order valence-electron chi connectivity index (χ1n) is 7.51. The highest BCUT2D eigenvalue weighted by atomic mass is 35.5. The molecule has 2 rings (SSSR count). The van der Waals surface area contributed by atoms with Crippen LogP contribution in [0.4, 0.5) is 0 Å². The quantitative estimate of drug-likeness (QED) is 0.864. The Hall–Kier alpha value is -1.15. The van der Waals surface area contributed by atoms with E-state index in [0.717, 1.165) is 0 Å². The molecule has 1 amide bonds. The zero-order valence-electron chi connectivity index (χ0n) is 13.2. The Labute approximate surface area is 144 Å². The van der Waals surface area contributed by atoms with E-state index in [1.807, 2.05) is 0 Å². The third kappa shape index (κ3) is 4.67. The van der Waals surface area contributed by atoms with Gasteiger partial charge in [-0.2, -0.15) is 4.31 Å². The summed E-state index contributed by atoms with van der Waals surface area (Å²) in [6.45, 7) is 3.84. The van der Waals surface area contributed by atoms with Crippen LogP contribution in [0.5, 0.6) is 0 Å². The Balaban J connectivity index is 0.00000264. The maximum Gasteiger partial charge on any atom is 0.243 e. The van der Waals surface area contributed by atoms with Crippen LogP contribution in [0.25, 0.3) is 0 Å². The van der Waals surface area contributed by atoms with Crippen molar-refractivity contribution in [2.75, 3.05) is 32.7 Å². The molecule has 0 bridgehead atoms. The van der Waals surface area contributed by atoms with Crippen LogP contribution in [0.2, 0.25) is 0 Å². The van der Waals surface area contributed by atoms with Gasteiger partial charge < -0.3 is 10.6 Å². The van der Waals surface area contributed by atoms with Gasteiger partial charge in [0.2, 0.25) is 15.9 Å². The maximum atomic E-state index is 12.6. The van der Waals surface area contributed by atoms with Gasteiger partial charge in [0.05, 0.1) is 4.90 Å². The molecule has 6 nitrogen and oxygen atoms in total. The van der Waals surface area contributed by atoms with Gasteiger partial charge in [-0.15, -0.1) is 12.4 Å².